The van der Waals surface area contributed by atoms with E-state index in [9.17, 15) is 19.7 Å². The maximum Gasteiger partial charge on any atom is 0.343 e. The van der Waals surface area contributed by atoms with Crippen molar-refractivity contribution in [1.82, 2.24) is 5.43 Å². The van der Waals surface area contributed by atoms with Crippen molar-refractivity contribution in [2.75, 3.05) is 21.3 Å². The highest BCUT2D eigenvalue weighted by Gasteiger charge is 2.20. The predicted octanol–water partition coefficient (Wildman–Crippen LogP) is 4.26. The molecule has 1 amide bonds. The van der Waals surface area contributed by atoms with E-state index in [2.05, 4.69) is 10.5 Å². The van der Waals surface area contributed by atoms with E-state index in [1.54, 1.807) is 12.1 Å². The van der Waals surface area contributed by atoms with Crippen molar-refractivity contribution >= 4 is 35.4 Å². The van der Waals surface area contributed by atoms with Gasteiger partial charge in [-0.2, -0.15) is 5.10 Å². The molecule has 0 aliphatic heterocycles. The fraction of sp³-hybridized carbons (Fsp3) is 0.125. The first-order valence-electron chi connectivity index (χ1n) is 10.2. The molecule has 0 unspecified atom stereocenters. The van der Waals surface area contributed by atoms with E-state index in [-0.39, 0.29) is 39.8 Å². The van der Waals surface area contributed by atoms with Crippen LogP contribution in [-0.4, -0.2) is 44.3 Å². The van der Waals surface area contributed by atoms with Crippen LogP contribution in [-0.2, 0) is 0 Å². The molecule has 0 spiro atoms. The quantitative estimate of drug-likeness (QED) is 0.147. The zero-order valence-electron chi connectivity index (χ0n) is 19.3. The highest BCUT2D eigenvalue weighted by molar-refractivity contribution is 6.30. The van der Waals surface area contributed by atoms with Crippen LogP contribution in [0.3, 0.4) is 0 Å². The number of methoxy groups -OCH3 is 3. The Morgan fingerprint density at radius 3 is 2.11 bits per heavy atom. The van der Waals surface area contributed by atoms with Gasteiger partial charge in [-0.1, -0.05) is 11.6 Å². The van der Waals surface area contributed by atoms with Gasteiger partial charge < -0.3 is 18.9 Å². The summed E-state index contributed by atoms with van der Waals surface area (Å²) in [5, 5.41) is 15.5. The summed E-state index contributed by atoms with van der Waals surface area (Å²) in [6.07, 6.45) is 1.12. The molecular formula is C24H20ClN3O8. The van der Waals surface area contributed by atoms with E-state index in [0.29, 0.717) is 10.6 Å². The van der Waals surface area contributed by atoms with Crippen molar-refractivity contribution < 1.29 is 33.5 Å². The lowest BCUT2D eigenvalue weighted by molar-refractivity contribution is -0.384. The molecule has 0 atom stereocenters. The topological polar surface area (TPSA) is 139 Å². The normalized spacial score (nSPS) is 10.6. The molecule has 0 bridgehead atoms. The van der Waals surface area contributed by atoms with Gasteiger partial charge in [-0.25, -0.2) is 10.2 Å². The molecule has 3 aromatic carbocycles. The van der Waals surface area contributed by atoms with E-state index in [1.165, 1.54) is 57.7 Å². The lowest BCUT2D eigenvalue weighted by atomic mass is 10.1. The van der Waals surface area contributed by atoms with E-state index in [0.717, 1.165) is 12.3 Å². The number of non-ortho nitro benzene ring substituents is 1. The minimum atomic E-state index is -0.803. The van der Waals surface area contributed by atoms with Gasteiger partial charge >= 0.3 is 5.97 Å². The molecule has 3 rings (SSSR count). The Labute approximate surface area is 210 Å². The summed E-state index contributed by atoms with van der Waals surface area (Å²) in [5.41, 5.74) is 2.47. The second kappa shape index (κ2) is 11.7. The molecule has 1 N–H and O–H groups in total. The third-order valence-corrected chi connectivity index (χ3v) is 5.04. The molecule has 0 saturated heterocycles. The van der Waals surface area contributed by atoms with Crippen LogP contribution in [0.4, 0.5) is 5.69 Å². The largest absolute Gasteiger partial charge is 0.493 e. The maximum atomic E-state index is 12.9. The summed E-state index contributed by atoms with van der Waals surface area (Å²) >= 11 is 5.82. The van der Waals surface area contributed by atoms with Crippen LogP contribution in [0.5, 0.6) is 23.0 Å². The number of hydrazone groups is 1. The van der Waals surface area contributed by atoms with Gasteiger partial charge in [-0.05, 0) is 42.5 Å². The maximum absolute atomic E-state index is 12.9. The number of hydrogen-bond donors (Lipinski definition) is 1. The molecule has 0 aliphatic carbocycles. The molecule has 0 saturated carbocycles. The second-order valence-electron chi connectivity index (χ2n) is 6.99. The van der Waals surface area contributed by atoms with Gasteiger partial charge in [0.2, 0.25) is 5.75 Å². The molecule has 0 aromatic heterocycles. The first-order chi connectivity index (χ1) is 17.3. The summed E-state index contributed by atoms with van der Waals surface area (Å²) < 4.78 is 21.2. The zero-order valence-corrected chi connectivity index (χ0v) is 20.1. The summed E-state index contributed by atoms with van der Waals surface area (Å²) in [5.74, 6) is -0.620. The van der Waals surface area contributed by atoms with E-state index in [1.807, 2.05) is 0 Å². The van der Waals surface area contributed by atoms with Crippen LogP contribution in [0.1, 0.15) is 26.3 Å². The van der Waals surface area contributed by atoms with Gasteiger partial charge in [-0.3, -0.25) is 14.9 Å². The van der Waals surface area contributed by atoms with Crippen molar-refractivity contribution in [3.63, 3.8) is 0 Å². The number of ether oxygens (including phenoxy) is 4. The molecular weight excluding hydrogens is 494 g/mol. The lowest BCUT2D eigenvalue weighted by Gasteiger charge is -2.14. The SMILES string of the molecule is COc1cc(C(=O)Oc2ccc([N+](=O)[O-])cc2/C=N/NC(=O)c2ccc(Cl)cc2)cc(OC)c1OC. The highest BCUT2D eigenvalue weighted by Crippen LogP contribution is 2.38. The van der Waals surface area contributed by atoms with Gasteiger partial charge in [-0.15, -0.1) is 0 Å². The average Bonchev–Trinajstić information content (AvgIpc) is 2.88. The number of nitro benzene ring substituents is 1. The van der Waals surface area contributed by atoms with Crippen molar-refractivity contribution in [3.05, 3.63) is 86.4 Å². The number of rotatable bonds is 9. The minimum absolute atomic E-state index is 0.0381. The standard InChI is InChI=1S/C24H20ClN3O8/c1-33-20-11-15(12-21(34-2)22(20)35-3)24(30)36-19-9-8-18(28(31)32)10-16(19)13-26-27-23(29)14-4-6-17(25)7-5-14/h4-13H,1-3H3,(H,27,29)/b26-13+. The first-order valence-corrected chi connectivity index (χ1v) is 10.5. The van der Waals surface area contributed by atoms with Crippen molar-refractivity contribution in [3.8, 4) is 23.0 Å². The molecule has 12 heteroatoms. The number of carbonyl (C=O) groups excluding carboxylic acids is 2. The Morgan fingerprint density at radius 2 is 1.56 bits per heavy atom. The smallest absolute Gasteiger partial charge is 0.343 e. The lowest BCUT2D eigenvalue weighted by Crippen LogP contribution is -2.17. The number of benzene rings is 3. The Bertz CT molecular complexity index is 1300. The van der Waals surface area contributed by atoms with E-state index < -0.39 is 16.8 Å². The number of hydrogen-bond acceptors (Lipinski definition) is 9. The summed E-state index contributed by atoms with van der Waals surface area (Å²) in [7, 11) is 4.22. The Balaban J connectivity index is 1.87. The fourth-order valence-corrected chi connectivity index (χ4v) is 3.15. The van der Waals surface area contributed by atoms with Crippen molar-refractivity contribution in [2.45, 2.75) is 0 Å². The summed E-state index contributed by atoms with van der Waals surface area (Å²) in [4.78, 5) is 35.7. The van der Waals surface area contributed by atoms with Gasteiger partial charge in [0.15, 0.2) is 11.5 Å². The molecule has 11 nitrogen and oxygen atoms in total. The molecule has 186 valence electrons. The fourth-order valence-electron chi connectivity index (χ4n) is 3.03. The second-order valence-corrected chi connectivity index (χ2v) is 7.43. The van der Waals surface area contributed by atoms with Gasteiger partial charge in [0.1, 0.15) is 5.75 Å². The molecule has 0 radical (unpaired) electrons. The Morgan fingerprint density at radius 1 is 0.917 bits per heavy atom. The molecule has 36 heavy (non-hydrogen) atoms. The van der Waals surface area contributed by atoms with E-state index in [4.69, 9.17) is 30.5 Å². The molecule has 3 aromatic rings. The number of nitro groups is 1. The van der Waals surface area contributed by atoms with Crippen LogP contribution in [0.25, 0.3) is 0 Å². The minimum Gasteiger partial charge on any atom is -0.493 e. The molecule has 0 heterocycles. The average molecular weight is 514 g/mol. The van der Waals surface area contributed by atoms with Gasteiger partial charge in [0.05, 0.1) is 38.0 Å². The number of nitrogens with zero attached hydrogens (tertiary/aromatic N) is 2. The predicted molar refractivity (Wildman–Crippen MR) is 131 cm³/mol. The van der Waals surface area contributed by atoms with Crippen molar-refractivity contribution in [1.29, 1.82) is 0 Å². The number of esters is 1. The number of amides is 1. The Hall–Kier alpha value is -4.64. The first kappa shape index (κ1) is 26.0. The number of halogens is 1. The Kier molecular flexibility index (Phi) is 8.42. The van der Waals surface area contributed by atoms with Crippen LogP contribution in [0.2, 0.25) is 5.02 Å². The van der Waals surface area contributed by atoms with Crippen LogP contribution < -0.4 is 24.4 Å². The van der Waals surface area contributed by atoms with Crippen molar-refractivity contribution in [2.24, 2.45) is 5.10 Å². The van der Waals surface area contributed by atoms with Gasteiger partial charge in [0, 0.05) is 28.3 Å². The van der Waals surface area contributed by atoms with Crippen LogP contribution in [0, 0.1) is 10.1 Å². The number of carbonyl (C=O) groups is 2. The number of nitrogens with one attached hydrogen (secondary N) is 1. The summed E-state index contributed by atoms with van der Waals surface area (Å²) in [6, 6.07) is 12.5. The monoisotopic (exact) mass is 513 g/mol. The van der Waals surface area contributed by atoms with Crippen LogP contribution in [0.15, 0.2) is 59.7 Å². The summed E-state index contributed by atoms with van der Waals surface area (Å²) in [6.45, 7) is 0. The highest BCUT2D eigenvalue weighted by atomic mass is 35.5. The third kappa shape index (κ3) is 6.07. The van der Waals surface area contributed by atoms with Gasteiger partial charge in [0.25, 0.3) is 11.6 Å². The zero-order chi connectivity index (χ0) is 26.2. The molecule has 0 fully saturated rings. The van der Waals surface area contributed by atoms with E-state index >= 15 is 0 Å². The third-order valence-electron chi connectivity index (χ3n) is 4.78. The molecule has 0 aliphatic rings. The van der Waals surface area contributed by atoms with Crippen LogP contribution >= 0.6 is 11.6 Å².